The van der Waals surface area contributed by atoms with Crippen LogP contribution >= 0.6 is 11.6 Å². The molecule has 1 aromatic carbocycles. The van der Waals surface area contributed by atoms with Gasteiger partial charge in [0.1, 0.15) is 5.82 Å². The number of aromatic nitrogens is 2. The molecule has 0 spiro atoms. The van der Waals surface area contributed by atoms with Crippen LogP contribution in [0.5, 0.6) is 0 Å². The number of nitrogens with one attached hydrogen (secondary N) is 1. The van der Waals surface area contributed by atoms with E-state index in [2.05, 4.69) is 10.4 Å². The van der Waals surface area contributed by atoms with Gasteiger partial charge in [-0.1, -0.05) is 24.6 Å². The molecule has 106 valence electrons. The summed E-state index contributed by atoms with van der Waals surface area (Å²) in [5, 5.41) is 7.38. The first-order chi connectivity index (χ1) is 9.61. The van der Waals surface area contributed by atoms with Crippen molar-refractivity contribution in [1.82, 2.24) is 9.78 Å². The molecule has 0 aliphatic carbocycles. The van der Waals surface area contributed by atoms with Crippen molar-refractivity contribution in [2.24, 2.45) is 0 Å². The summed E-state index contributed by atoms with van der Waals surface area (Å²) in [7, 11) is 0. The van der Waals surface area contributed by atoms with E-state index in [9.17, 15) is 9.18 Å². The second-order valence-corrected chi connectivity index (χ2v) is 4.77. The Kier molecular flexibility index (Phi) is 4.74. The number of halogens is 2. The van der Waals surface area contributed by atoms with Gasteiger partial charge in [0, 0.05) is 23.2 Å². The lowest BCUT2D eigenvalue weighted by Gasteiger charge is -2.09. The van der Waals surface area contributed by atoms with Crippen LogP contribution in [-0.2, 0) is 6.54 Å². The van der Waals surface area contributed by atoms with Crippen molar-refractivity contribution in [1.29, 1.82) is 0 Å². The SMILES string of the molecule is CCCNc1cnn(Cc2c(F)cccc2Cl)c(=O)c1. The molecule has 0 radical (unpaired) electrons. The van der Waals surface area contributed by atoms with E-state index in [4.69, 9.17) is 11.6 Å². The Morgan fingerprint density at radius 3 is 2.90 bits per heavy atom. The molecular formula is C14H15ClFN3O. The molecule has 1 aromatic heterocycles. The first-order valence-electron chi connectivity index (χ1n) is 6.35. The van der Waals surface area contributed by atoms with Gasteiger partial charge in [-0.15, -0.1) is 0 Å². The van der Waals surface area contributed by atoms with Crippen LogP contribution in [0.2, 0.25) is 5.02 Å². The Bertz CT molecular complexity index is 637. The molecule has 0 fully saturated rings. The Morgan fingerprint density at radius 1 is 1.45 bits per heavy atom. The molecule has 0 saturated carbocycles. The second kappa shape index (κ2) is 6.52. The maximum atomic E-state index is 13.7. The summed E-state index contributed by atoms with van der Waals surface area (Å²) in [6, 6.07) is 5.86. The Labute approximate surface area is 121 Å². The predicted octanol–water partition coefficient (Wildman–Crippen LogP) is 2.91. The standard InChI is InChI=1S/C14H15ClFN3O/c1-2-6-17-10-7-14(20)19(18-8-10)9-11-12(15)4-3-5-13(11)16/h3-5,7-8,17H,2,6,9H2,1H3. The van der Waals surface area contributed by atoms with Crippen LogP contribution < -0.4 is 10.9 Å². The van der Waals surface area contributed by atoms with E-state index in [0.717, 1.165) is 13.0 Å². The first-order valence-corrected chi connectivity index (χ1v) is 6.73. The van der Waals surface area contributed by atoms with Gasteiger partial charge < -0.3 is 5.32 Å². The van der Waals surface area contributed by atoms with Crippen molar-refractivity contribution < 1.29 is 4.39 Å². The molecule has 20 heavy (non-hydrogen) atoms. The van der Waals surface area contributed by atoms with Crippen molar-refractivity contribution >= 4 is 17.3 Å². The highest BCUT2D eigenvalue weighted by Gasteiger charge is 2.09. The number of hydrogen-bond donors (Lipinski definition) is 1. The summed E-state index contributed by atoms with van der Waals surface area (Å²) in [5.41, 5.74) is 0.621. The van der Waals surface area contributed by atoms with Crippen LogP contribution in [0.4, 0.5) is 10.1 Å². The average molecular weight is 296 g/mol. The van der Waals surface area contributed by atoms with Crippen LogP contribution in [0.3, 0.4) is 0 Å². The molecule has 0 aliphatic heterocycles. The van der Waals surface area contributed by atoms with Gasteiger partial charge in [0.2, 0.25) is 0 Å². The van der Waals surface area contributed by atoms with Crippen LogP contribution in [0.1, 0.15) is 18.9 Å². The van der Waals surface area contributed by atoms with Crippen LogP contribution in [0.15, 0.2) is 35.3 Å². The summed E-state index contributed by atoms with van der Waals surface area (Å²) in [6.45, 7) is 2.81. The van der Waals surface area contributed by atoms with Gasteiger partial charge >= 0.3 is 0 Å². The highest BCUT2D eigenvalue weighted by atomic mass is 35.5. The van der Waals surface area contributed by atoms with Crippen LogP contribution in [0.25, 0.3) is 0 Å². The summed E-state index contributed by atoms with van der Waals surface area (Å²) < 4.78 is 14.9. The molecule has 0 amide bonds. The van der Waals surface area contributed by atoms with E-state index in [-0.39, 0.29) is 22.7 Å². The maximum Gasteiger partial charge on any atom is 0.269 e. The average Bonchev–Trinajstić information content (AvgIpc) is 2.42. The zero-order valence-corrected chi connectivity index (χ0v) is 11.8. The van der Waals surface area contributed by atoms with E-state index in [0.29, 0.717) is 5.69 Å². The summed E-state index contributed by atoms with van der Waals surface area (Å²) >= 11 is 5.94. The zero-order valence-electron chi connectivity index (χ0n) is 11.1. The fraction of sp³-hybridized carbons (Fsp3) is 0.286. The molecule has 2 rings (SSSR count). The highest BCUT2D eigenvalue weighted by Crippen LogP contribution is 2.19. The minimum Gasteiger partial charge on any atom is -0.384 e. The molecule has 1 heterocycles. The Hall–Kier alpha value is -1.88. The third-order valence-corrected chi connectivity index (χ3v) is 3.17. The monoisotopic (exact) mass is 295 g/mol. The minimum atomic E-state index is -0.445. The smallest absolute Gasteiger partial charge is 0.269 e. The van der Waals surface area contributed by atoms with Crippen molar-refractivity contribution in [3.63, 3.8) is 0 Å². The lowest BCUT2D eigenvalue weighted by Crippen LogP contribution is -2.23. The molecule has 6 heteroatoms. The lowest BCUT2D eigenvalue weighted by molar-refractivity contribution is 0.572. The van der Waals surface area contributed by atoms with Gasteiger partial charge in [-0.3, -0.25) is 4.79 Å². The second-order valence-electron chi connectivity index (χ2n) is 4.37. The molecule has 0 atom stereocenters. The number of hydrogen-bond acceptors (Lipinski definition) is 3. The van der Waals surface area contributed by atoms with Gasteiger partial charge in [-0.2, -0.15) is 5.10 Å². The summed E-state index contributed by atoms with van der Waals surface area (Å²) in [6.07, 6.45) is 2.50. The molecule has 1 N–H and O–H groups in total. The fourth-order valence-electron chi connectivity index (χ4n) is 1.75. The molecule has 4 nitrogen and oxygen atoms in total. The van der Waals surface area contributed by atoms with Crippen LogP contribution in [-0.4, -0.2) is 16.3 Å². The molecule has 0 aliphatic rings. The number of anilines is 1. The van der Waals surface area contributed by atoms with E-state index >= 15 is 0 Å². The van der Waals surface area contributed by atoms with Gasteiger partial charge in [0.25, 0.3) is 5.56 Å². The number of rotatable bonds is 5. The first kappa shape index (κ1) is 14.5. The predicted molar refractivity (Wildman–Crippen MR) is 77.8 cm³/mol. The number of nitrogens with zero attached hydrogens (tertiary/aromatic N) is 2. The minimum absolute atomic E-state index is 0.0123. The summed E-state index contributed by atoms with van der Waals surface area (Å²) in [5.74, 6) is -0.445. The normalized spacial score (nSPS) is 10.6. The third-order valence-electron chi connectivity index (χ3n) is 2.82. The molecule has 0 unspecified atom stereocenters. The Balaban J connectivity index is 2.24. The molecule has 0 saturated heterocycles. The van der Waals surface area contributed by atoms with E-state index in [1.807, 2.05) is 6.92 Å². The van der Waals surface area contributed by atoms with E-state index in [1.54, 1.807) is 12.3 Å². The van der Waals surface area contributed by atoms with Crippen molar-refractivity contribution in [3.05, 3.63) is 57.2 Å². The third kappa shape index (κ3) is 3.36. The molecule has 2 aromatic rings. The highest BCUT2D eigenvalue weighted by molar-refractivity contribution is 6.31. The van der Waals surface area contributed by atoms with Crippen molar-refractivity contribution in [2.75, 3.05) is 11.9 Å². The van der Waals surface area contributed by atoms with Gasteiger partial charge in [-0.25, -0.2) is 9.07 Å². The van der Waals surface area contributed by atoms with Crippen molar-refractivity contribution in [3.8, 4) is 0 Å². The van der Waals surface area contributed by atoms with Crippen LogP contribution in [0, 0.1) is 5.82 Å². The van der Waals surface area contributed by atoms with E-state index < -0.39 is 5.82 Å². The molecule has 0 bridgehead atoms. The largest absolute Gasteiger partial charge is 0.384 e. The molecular weight excluding hydrogens is 281 g/mol. The fourth-order valence-corrected chi connectivity index (χ4v) is 1.97. The van der Waals surface area contributed by atoms with Gasteiger partial charge in [0.05, 0.1) is 18.4 Å². The lowest BCUT2D eigenvalue weighted by atomic mass is 10.2. The maximum absolute atomic E-state index is 13.7. The quantitative estimate of drug-likeness (QED) is 0.922. The topological polar surface area (TPSA) is 46.9 Å². The van der Waals surface area contributed by atoms with E-state index in [1.165, 1.54) is 22.9 Å². The Morgan fingerprint density at radius 2 is 2.25 bits per heavy atom. The van der Waals surface area contributed by atoms with Gasteiger partial charge in [0.15, 0.2) is 0 Å². The van der Waals surface area contributed by atoms with Gasteiger partial charge in [-0.05, 0) is 18.6 Å². The zero-order chi connectivity index (χ0) is 14.5. The summed E-state index contributed by atoms with van der Waals surface area (Å²) in [4.78, 5) is 11.9. The van der Waals surface area contributed by atoms with Crippen molar-refractivity contribution in [2.45, 2.75) is 19.9 Å². The number of benzene rings is 1.